The number of benzene rings is 1. The number of halogens is 1. The van der Waals surface area contributed by atoms with Crippen LogP contribution in [0.2, 0.25) is 0 Å². The predicted molar refractivity (Wildman–Crippen MR) is 51.3 cm³/mol. The normalized spacial score (nSPS) is 12.6. The van der Waals surface area contributed by atoms with E-state index < -0.39 is 6.10 Å². The number of ether oxygens (including phenoxy) is 1. The Morgan fingerprint density at radius 1 is 1.58 bits per heavy atom. The zero-order valence-corrected chi connectivity index (χ0v) is 8.41. The van der Waals surface area contributed by atoms with Crippen molar-refractivity contribution in [3.63, 3.8) is 0 Å². The quantitative estimate of drug-likeness (QED) is 0.864. The molecule has 0 aliphatic carbocycles. The van der Waals surface area contributed by atoms with Gasteiger partial charge in [-0.1, -0.05) is 22.0 Å². The molecule has 0 radical (unpaired) electrons. The van der Waals surface area contributed by atoms with Crippen molar-refractivity contribution in [3.8, 4) is 5.75 Å². The molecular weight excluding hydrogens is 220 g/mol. The van der Waals surface area contributed by atoms with Crippen molar-refractivity contribution in [1.82, 2.24) is 0 Å². The van der Waals surface area contributed by atoms with Gasteiger partial charge < -0.3 is 9.84 Å². The van der Waals surface area contributed by atoms with Crippen LogP contribution in [0.25, 0.3) is 0 Å². The second kappa shape index (κ2) is 4.48. The van der Waals surface area contributed by atoms with Crippen LogP contribution in [0.3, 0.4) is 0 Å². The first kappa shape index (κ1) is 9.55. The summed E-state index contributed by atoms with van der Waals surface area (Å²) in [4.78, 5) is 0. The van der Waals surface area contributed by atoms with Crippen molar-refractivity contribution in [2.45, 2.75) is 13.0 Å². The molecule has 2 nitrogen and oxygen atoms in total. The van der Waals surface area contributed by atoms with E-state index in [1.54, 1.807) is 6.92 Å². The van der Waals surface area contributed by atoms with Crippen molar-refractivity contribution >= 4 is 15.9 Å². The molecule has 0 saturated carbocycles. The highest BCUT2D eigenvalue weighted by molar-refractivity contribution is 9.10. The lowest BCUT2D eigenvalue weighted by Crippen LogP contribution is -2.12. The van der Waals surface area contributed by atoms with Crippen LogP contribution in [0.1, 0.15) is 6.92 Å². The topological polar surface area (TPSA) is 29.5 Å². The van der Waals surface area contributed by atoms with Gasteiger partial charge in [0.2, 0.25) is 0 Å². The van der Waals surface area contributed by atoms with Crippen LogP contribution in [0, 0.1) is 0 Å². The molecule has 1 aromatic carbocycles. The van der Waals surface area contributed by atoms with E-state index >= 15 is 0 Å². The Bertz CT molecular complexity index is 248. The zero-order valence-electron chi connectivity index (χ0n) is 6.83. The van der Waals surface area contributed by atoms with E-state index in [2.05, 4.69) is 15.9 Å². The van der Waals surface area contributed by atoms with Gasteiger partial charge in [-0.05, 0) is 25.1 Å². The van der Waals surface area contributed by atoms with Gasteiger partial charge in [0.25, 0.3) is 0 Å². The predicted octanol–water partition coefficient (Wildman–Crippen LogP) is 2.21. The Balaban J connectivity index is 2.52. The van der Waals surface area contributed by atoms with Crippen LogP contribution in [-0.4, -0.2) is 17.8 Å². The van der Waals surface area contributed by atoms with Gasteiger partial charge in [-0.2, -0.15) is 0 Å². The summed E-state index contributed by atoms with van der Waals surface area (Å²) >= 11 is 3.33. The fourth-order valence-electron chi connectivity index (χ4n) is 0.774. The highest BCUT2D eigenvalue weighted by atomic mass is 79.9. The summed E-state index contributed by atoms with van der Waals surface area (Å²) in [7, 11) is 0. The number of rotatable bonds is 3. The molecule has 1 rings (SSSR count). The molecule has 3 heteroatoms. The number of aliphatic hydroxyl groups excluding tert-OH is 1. The summed E-state index contributed by atoms with van der Waals surface area (Å²) in [5.41, 5.74) is 0. The molecule has 0 saturated heterocycles. The van der Waals surface area contributed by atoms with Crippen LogP contribution in [-0.2, 0) is 0 Å². The summed E-state index contributed by atoms with van der Waals surface area (Å²) in [5.74, 6) is 0.769. The van der Waals surface area contributed by atoms with Crippen molar-refractivity contribution in [2.75, 3.05) is 6.61 Å². The van der Waals surface area contributed by atoms with Gasteiger partial charge in [0.1, 0.15) is 12.4 Å². The molecule has 0 aliphatic rings. The summed E-state index contributed by atoms with van der Waals surface area (Å²) in [6.45, 7) is 2.02. The Morgan fingerprint density at radius 2 is 2.33 bits per heavy atom. The smallest absolute Gasteiger partial charge is 0.120 e. The van der Waals surface area contributed by atoms with Crippen LogP contribution in [0.4, 0.5) is 0 Å². The van der Waals surface area contributed by atoms with Crippen LogP contribution < -0.4 is 4.74 Å². The highest BCUT2D eigenvalue weighted by Gasteiger charge is 1.97. The molecule has 1 N–H and O–H groups in total. The second-order valence-corrected chi connectivity index (χ2v) is 3.53. The molecule has 0 heterocycles. The number of aliphatic hydroxyl groups is 1. The van der Waals surface area contributed by atoms with Gasteiger partial charge in [-0.3, -0.25) is 0 Å². The highest BCUT2D eigenvalue weighted by Crippen LogP contribution is 2.17. The molecule has 1 aromatic rings. The van der Waals surface area contributed by atoms with Crippen LogP contribution in [0.5, 0.6) is 5.75 Å². The van der Waals surface area contributed by atoms with E-state index in [1.165, 1.54) is 0 Å². The summed E-state index contributed by atoms with van der Waals surface area (Å²) < 4.78 is 6.25. The van der Waals surface area contributed by atoms with Gasteiger partial charge in [0.15, 0.2) is 0 Å². The van der Waals surface area contributed by atoms with Crippen molar-refractivity contribution < 1.29 is 9.84 Å². The largest absolute Gasteiger partial charge is 0.491 e. The van der Waals surface area contributed by atoms with Gasteiger partial charge in [0, 0.05) is 4.47 Å². The minimum Gasteiger partial charge on any atom is -0.491 e. The zero-order chi connectivity index (χ0) is 8.97. The van der Waals surface area contributed by atoms with E-state index in [0.29, 0.717) is 6.61 Å². The molecule has 66 valence electrons. The van der Waals surface area contributed by atoms with Crippen molar-refractivity contribution in [3.05, 3.63) is 28.7 Å². The standard InChI is InChI=1S/C9H11BrO2/c1-7(11)6-12-9-4-2-3-8(10)5-9/h2-5,7,11H,6H2,1H3/t7-/m1/s1. The SMILES string of the molecule is C[C@@H](O)COc1cccc(Br)c1. The maximum atomic E-state index is 8.95. The fourth-order valence-corrected chi connectivity index (χ4v) is 1.15. The van der Waals surface area contributed by atoms with E-state index in [-0.39, 0.29) is 0 Å². The average molecular weight is 231 g/mol. The van der Waals surface area contributed by atoms with Crippen molar-refractivity contribution in [1.29, 1.82) is 0 Å². The van der Waals surface area contributed by atoms with Crippen LogP contribution in [0.15, 0.2) is 28.7 Å². The Morgan fingerprint density at radius 3 is 2.92 bits per heavy atom. The molecule has 0 amide bonds. The summed E-state index contributed by atoms with van der Waals surface area (Å²) in [5, 5.41) is 8.95. The van der Waals surface area contributed by atoms with E-state index in [1.807, 2.05) is 24.3 Å². The molecular formula is C9H11BrO2. The molecule has 12 heavy (non-hydrogen) atoms. The van der Waals surface area contributed by atoms with Gasteiger partial charge in [0.05, 0.1) is 6.10 Å². The van der Waals surface area contributed by atoms with E-state index in [4.69, 9.17) is 9.84 Å². The van der Waals surface area contributed by atoms with Gasteiger partial charge in [-0.25, -0.2) is 0 Å². The molecule has 0 bridgehead atoms. The Hall–Kier alpha value is -0.540. The maximum absolute atomic E-state index is 8.95. The van der Waals surface area contributed by atoms with Gasteiger partial charge >= 0.3 is 0 Å². The Kier molecular flexibility index (Phi) is 3.56. The third kappa shape index (κ3) is 3.24. The fraction of sp³-hybridized carbons (Fsp3) is 0.333. The third-order valence-corrected chi connectivity index (χ3v) is 1.78. The molecule has 0 spiro atoms. The molecule has 0 aromatic heterocycles. The van der Waals surface area contributed by atoms with Gasteiger partial charge in [-0.15, -0.1) is 0 Å². The summed E-state index contributed by atoms with van der Waals surface area (Å²) in [6, 6.07) is 7.53. The van der Waals surface area contributed by atoms with Crippen molar-refractivity contribution in [2.24, 2.45) is 0 Å². The lowest BCUT2D eigenvalue weighted by molar-refractivity contribution is 0.122. The van der Waals surface area contributed by atoms with E-state index in [9.17, 15) is 0 Å². The summed E-state index contributed by atoms with van der Waals surface area (Å²) in [6.07, 6.45) is -0.427. The molecule has 0 unspecified atom stereocenters. The molecule has 1 atom stereocenters. The lowest BCUT2D eigenvalue weighted by Gasteiger charge is -2.07. The minimum absolute atomic E-state index is 0.330. The first-order valence-electron chi connectivity index (χ1n) is 3.75. The minimum atomic E-state index is -0.427. The third-order valence-electron chi connectivity index (χ3n) is 1.29. The molecule has 0 fully saturated rings. The first-order chi connectivity index (χ1) is 5.68. The molecule has 0 aliphatic heterocycles. The first-order valence-corrected chi connectivity index (χ1v) is 4.54. The number of hydrogen-bond donors (Lipinski definition) is 1. The second-order valence-electron chi connectivity index (χ2n) is 2.62. The Labute approximate surface area is 80.3 Å². The maximum Gasteiger partial charge on any atom is 0.120 e. The number of hydrogen-bond acceptors (Lipinski definition) is 2. The average Bonchev–Trinajstić information content (AvgIpc) is 2.01. The monoisotopic (exact) mass is 230 g/mol. The van der Waals surface area contributed by atoms with Crippen LogP contribution >= 0.6 is 15.9 Å². The van der Waals surface area contributed by atoms with E-state index in [0.717, 1.165) is 10.2 Å². The lowest BCUT2D eigenvalue weighted by atomic mass is 10.3.